The second kappa shape index (κ2) is 8.85. The molecule has 6 heteroatoms. The molecule has 0 aromatic heterocycles. The fourth-order valence-corrected chi connectivity index (χ4v) is 5.35. The Labute approximate surface area is 204 Å². The van der Waals surface area contributed by atoms with Crippen molar-refractivity contribution in [3.05, 3.63) is 93.5 Å². The third-order valence-electron chi connectivity index (χ3n) is 6.33. The van der Waals surface area contributed by atoms with E-state index in [0.29, 0.717) is 16.0 Å². The second-order valence-electron chi connectivity index (χ2n) is 8.58. The van der Waals surface area contributed by atoms with Crippen LogP contribution in [0.2, 0.25) is 10.0 Å². The molecule has 1 atom stereocenters. The van der Waals surface area contributed by atoms with E-state index in [1.165, 1.54) is 5.56 Å². The number of hydrogen-bond donors (Lipinski definition) is 1. The molecule has 1 unspecified atom stereocenters. The number of aryl methyl sites for hydroxylation is 1. The normalized spacial score (nSPS) is 19.8. The number of amidine groups is 1. The van der Waals surface area contributed by atoms with Crippen LogP contribution < -0.4 is 5.73 Å². The molecule has 0 aliphatic carbocycles. The zero-order valence-corrected chi connectivity index (χ0v) is 20.1. The van der Waals surface area contributed by atoms with Crippen molar-refractivity contribution in [2.75, 3.05) is 13.1 Å². The summed E-state index contributed by atoms with van der Waals surface area (Å²) in [4.78, 5) is 12.1. The van der Waals surface area contributed by atoms with Gasteiger partial charge in [0.25, 0.3) is 0 Å². The number of aliphatic imine (C=N–C) groups is 2. The Bertz CT molecular complexity index is 1230. The molecule has 2 aliphatic rings. The van der Waals surface area contributed by atoms with E-state index in [4.69, 9.17) is 38.9 Å². The van der Waals surface area contributed by atoms with Crippen LogP contribution in [0.1, 0.15) is 36.5 Å². The molecule has 0 bridgehead atoms. The van der Waals surface area contributed by atoms with Crippen molar-refractivity contribution >= 4 is 35.0 Å². The molecule has 3 aromatic rings. The van der Waals surface area contributed by atoms with Gasteiger partial charge in [-0.1, -0.05) is 79.0 Å². The highest BCUT2D eigenvalue weighted by atomic mass is 35.5. The van der Waals surface area contributed by atoms with Crippen LogP contribution in [-0.4, -0.2) is 29.8 Å². The number of guanidine groups is 1. The Morgan fingerprint density at radius 3 is 2.42 bits per heavy atom. The predicted molar refractivity (Wildman–Crippen MR) is 138 cm³/mol. The number of fused-ring (bicyclic) bond motifs is 1. The van der Waals surface area contributed by atoms with Crippen LogP contribution in [0.25, 0.3) is 11.1 Å². The maximum absolute atomic E-state index is 6.47. The minimum Gasteiger partial charge on any atom is -0.369 e. The van der Waals surface area contributed by atoms with Crippen molar-refractivity contribution in [1.82, 2.24) is 4.90 Å². The summed E-state index contributed by atoms with van der Waals surface area (Å²) in [6.45, 7) is 3.79. The zero-order valence-electron chi connectivity index (χ0n) is 18.6. The summed E-state index contributed by atoms with van der Waals surface area (Å²) in [5, 5.41) is 1.21. The van der Waals surface area contributed by atoms with Crippen LogP contribution >= 0.6 is 23.2 Å². The van der Waals surface area contributed by atoms with Crippen LogP contribution in [0.3, 0.4) is 0 Å². The summed E-state index contributed by atoms with van der Waals surface area (Å²) in [7, 11) is 0. The quantitative estimate of drug-likeness (QED) is 0.470. The Morgan fingerprint density at radius 2 is 1.70 bits per heavy atom. The molecule has 168 valence electrons. The number of nitrogens with two attached hydrogens (primary N) is 1. The van der Waals surface area contributed by atoms with Gasteiger partial charge in [0.2, 0.25) is 0 Å². The first kappa shape index (κ1) is 22.0. The third kappa shape index (κ3) is 3.92. The van der Waals surface area contributed by atoms with E-state index >= 15 is 0 Å². The molecule has 0 fully saturated rings. The van der Waals surface area contributed by atoms with Gasteiger partial charge < -0.3 is 5.73 Å². The smallest absolute Gasteiger partial charge is 0.198 e. The fourth-order valence-electron chi connectivity index (χ4n) is 4.82. The van der Waals surface area contributed by atoms with Gasteiger partial charge in [-0.05, 0) is 64.9 Å². The van der Waals surface area contributed by atoms with E-state index in [1.807, 2.05) is 18.2 Å². The molecule has 2 N–H and O–H groups in total. The first-order valence-electron chi connectivity index (χ1n) is 11.4. The van der Waals surface area contributed by atoms with Gasteiger partial charge in [0.05, 0.1) is 0 Å². The van der Waals surface area contributed by atoms with Crippen LogP contribution in [0, 0.1) is 0 Å². The molecule has 0 spiro atoms. The molecule has 33 heavy (non-hydrogen) atoms. The lowest BCUT2D eigenvalue weighted by molar-refractivity contribution is 0.531. The number of hydrogen-bond acceptors (Lipinski definition) is 4. The average molecular weight is 477 g/mol. The lowest BCUT2D eigenvalue weighted by atomic mass is 9.80. The summed E-state index contributed by atoms with van der Waals surface area (Å²) >= 11 is 12.6. The fraction of sp³-hybridized carbons (Fsp3) is 0.259. The van der Waals surface area contributed by atoms with Crippen molar-refractivity contribution in [3.63, 3.8) is 0 Å². The monoisotopic (exact) mass is 476 g/mol. The minimum atomic E-state index is -0.784. The molecular formula is C27H26Cl2N4. The summed E-state index contributed by atoms with van der Waals surface area (Å²) in [5.74, 6) is 1.41. The minimum absolute atomic E-state index is 0.516. The molecule has 0 radical (unpaired) electrons. The van der Waals surface area contributed by atoms with Crippen molar-refractivity contribution in [1.29, 1.82) is 0 Å². The SMILES string of the molecule is CCCc1ccc(C2(c3cccc(-c4cc(Cl)cc(Cl)c4)c3)N=C(N)N3CCCN=C32)cc1. The van der Waals surface area contributed by atoms with Gasteiger partial charge in [-0.3, -0.25) is 9.89 Å². The molecule has 0 saturated carbocycles. The molecule has 4 nitrogen and oxygen atoms in total. The van der Waals surface area contributed by atoms with E-state index in [9.17, 15) is 0 Å². The van der Waals surface area contributed by atoms with Gasteiger partial charge in [-0.2, -0.15) is 0 Å². The first-order chi connectivity index (χ1) is 16.0. The summed E-state index contributed by atoms with van der Waals surface area (Å²) < 4.78 is 0. The highest BCUT2D eigenvalue weighted by Gasteiger charge is 2.49. The average Bonchev–Trinajstić information content (AvgIpc) is 3.13. The zero-order chi connectivity index (χ0) is 23.0. The number of nitrogens with zero attached hydrogens (tertiary/aromatic N) is 3. The van der Waals surface area contributed by atoms with Gasteiger partial charge >= 0.3 is 0 Å². The summed E-state index contributed by atoms with van der Waals surface area (Å²) in [6, 6.07) is 22.7. The van der Waals surface area contributed by atoms with E-state index in [0.717, 1.165) is 60.4 Å². The summed E-state index contributed by atoms with van der Waals surface area (Å²) in [6.07, 6.45) is 3.13. The van der Waals surface area contributed by atoms with Crippen molar-refractivity contribution in [2.45, 2.75) is 31.7 Å². The Balaban J connectivity index is 1.70. The topological polar surface area (TPSA) is 54.0 Å². The van der Waals surface area contributed by atoms with Gasteiger partial charge in [-0.15, -0.1) is 0 Å². The number of rotatable bonds is 5. The lowest BCUT2D eigenvalue weighted by Crippen LogP contribution is -2.46. The van der Waals surface area contributed by atoms with Crippen LogP contribution in [0.5, 0.6) is 0 Å². The van der Waals surface area contributed by atoms with Crippen LogP contribution in [0.15, 0.2) is 76.7 Å². The largest absolute Gasteiger partial charge is 0.369 e. The lowest BCUT2D eigenvalue weighted by Gasteiger charge is -2.33. The van der Waals surface area contributed by atoms with E-state index in [2.05, 4.69) is 54.3 Å². The molecule has 0 saturated heterocycles. The Morgan fingerprint density at radius 1 is 0.939 bits per heavy atom. The van der Waals surface area contributed by atoms with E-state index < -0.39 is 5.54 Å². The highest BCUT2D eigenvalue weighted by molar-refractivity contribution is 6.35. The molecule has 2 heterocycles. The van der Waals surface area contributed by atoms with E-state index in [-0.39, 0.29) is 0 Å². The maximum Gasteiger partial charge on any atom is 0.198 e. The van der Waals surface area contributed by atoms with E-state index in [1.54, 1.807) is 6.07 Å². The second-order valence-corrected chi connectivity index (χ2v) is 9.45. The number of halogens is 2. The summed E-state index contributed by atoms with van der Waals surface area (Å²) in [5.41, 5.74) is 11.1. The standard InChI is InChI=1S/C27H26Cl2N4/c1-2-5-18-8-10-21(11-9-18)27(25-31-12-4-13-33(25)26(30)32-27)22-7-3-6-19(14-22)20-15-23(28)17-24(29)16-20/h3,6-11,14-17H,2,4-5,12-13H2,1H3,(H2,30,32). The van der Waals surface area contributed by atoms with Crippen LogP contribution in [0.4, 0.5) is 0 Å². The van der Waals surface area contributed by atoms with Crippen LogP contribution in [-0.2, 0) is 12.0 Å². The molecule has 0 amide bonds. The van der Waals surface area contributed by atoms with Crippen molar-refractivity contribution in [3.8, 4) is 11.1 Å². The van der Waals surface area contributed by atoms with Gasteiger partial charge in [0.15, 0.2) is 11.5 Å². The van der Waals surface area contributed by atoms with Gasteiger partial charge in [0, 0.05) is 23.1 Å². The number of benzene rings is 3. The predicted octanol–water partition coefficient (Wildman–Crippen LogP) is 6.29. The maximum atomic E-state index is 6.47. The highest BCUT2D eigenvalue weighted by Crippen LogP contribution is 2.43. The molecule has 2 aliphatic heterocycles. The van der Waals surface area contributed by atoms with Crippen molar-refractivity contribution in [2.24, 2.45) is 15.7 Å². The molecule has 3 aromatic carbocycles. The Kier molecular flexibility index (Phi) is 5.90. The molecular weight excluding hydrogens is 451 g/mol. The van der Waals surface area contributed by atoms with Gasteiger partial charge in [0.1, 0.15) is 5.84 Å². The Hall–Kier alpha value is -2.82. The van der Waals surface area contributed by atoms with Crippen molar-refractivity contribution < 1.29 is 0 Å². The third-order valence-corrected chi connectivity index (χ3v) is 6.76. The molecule has 5 rings (SSSR count). The van der Waals surface area contributed by atoms with Gasteiger partial charge in [-0.25, -0.2) is 4.99 Å². The first-order valence-corrected chi connectivity index (χ1v) is 12.1.